The predicted molar refractivity (Wildman–Crippen MR) is 40.0 cm³/mol. The van der Waals surface area contributed by atoms with E-state index < -0.39 is 17.8 Å². The Balaban J connectivity index is 3.13. The van der Waals surface area contributed by atoms with E-state index in [9.17, 15) is 18.3 Å². The number of quaternary nitrogens is 1. The van der Waals surface area contributed by atoms with Crippen LogP contribution in [0.2, 0.25) is 0 Å². The number of aromatic nitrogens is 1. The third-order valence-corrected chi connectivity index (χ3v) is 1.71. The van der Waals surface area contributed by atoms with E-state index in [0.717, 1.165) is 12.1 Å². The number of pyridine rings is 1. The number of hydrogen-bond acceptors (Lipinski definition) is 2. The van der Waals surface area contributed by atoms with E-state index in [0.29, 0.717) is 0 Å². The molecule has 0 unspecified atom stereocenters. The molecule has 1 aromatic rings. The zero-order valence-corrected chi connectivity index (χ0v) is 7.43. The Morgan fingerprint density at radius 3 is 2.36 bits per heavy atom. The van der Waals surface area contributed by atoms with Crippen molar-refractivity contribution in [1.82, 2.24) is 4.98 Å². The van der Waals surface area contributed by atoms with Crippen LogP contribution in [0.5, 0.6) is 5.88 Å². The van der Waals surface area contributed by atoms with E-state index in [1.807, 2.05) is 0 Å². The molecule has 0 aromatic carbocycles. The summed E-state index contributed by atoms with van der Waals surface area (Å²) in [4.78, 5) is 2.95. The molecule has 3 N–H and O–H groups in total. The number of rotatable bonds is 1. The van der Waals surface area contributed by atoms with E-state index in [2.05, 4.69) is 10.7 Å². The van der Waals surface area contributed by atoms with Gasteiger partial charge in [-0.15, -0.1) is 0 Å². The molecule has 0 aliphatic heterocycles. The van der Waals surface area contributed by atoms with Gasteiger partial charge in [0.05, 0.1) is 0 Å². The van der Waals surface area contributed by atoms with Crippen molar-refractivity contribution in [2.75, 3.05) is 0 Å². The molecule has 78 valence electrons. The van der Waals surface area contributed by atoms with Gasteiger partial charge in [0.2, 0.25) is 0 Å². The Kier molecular flexibility index (Phi) is 2.66. The molecular weight excluding hydrogens is 197 g/mol. The molecule has 0 aliphatic carbocycles. The molecule has 0 saturated heterocycles. The summed E-state index contributed by atoms with van der Waals surface area (Å²) in [6.07, 6.45) is -4.57. The Labute approximate surface area is 78.4 Å². The van der Waals surface area contributed by atoms with Gasteiger partial charge in [-0.05, 0) is 18.9 Å². The lowest BCUT2D eigenvalue weighted by Gasteiger charge is -2.15. The van der Waals surface area contributed by atoms with Crippen LogP contribution in [-0.4, -0.2) is 4.98 Å². The highest BCUT2D eigenvalue weighted by molar-refractivity contribution is 5.28. The predicted octanol–water partition coefficient (Wildman–Crippen LogP) is 0.477. The average molecular weight is 206 g/mol. The highest BCUT2D eigenvalue weighted by Crippen LogP contribution is 2.29. The first-order valence-corrected chi connectivity index (χ1v) is 3.90. The van der Waals surface area contributed by atoms with Crippen LogP contribution < -0.4 is 10.8 Å². The summed E-state index contributed by atoms with van der Waals surface area (Å²) in [5.74, 6) is -0.859. The maximum absolute atomic E-state index is 12.1. The average Bonchev–Trinajstić information content (AvgIpc) is 2.01. The minimum atomic E-state index is -4.57. The van der Waals surface area contributed by atoms with E-state index >= 15 is 0 Å². The van der Waals surface area contributed by atoms with Crippen LogP contribution >= 0.6 is 0 Å². The maximum Gasteiger partial charge on any atom is 0.433 e. The minimum absolute atomic E-state index is 0.193. The molecule has 0 spiro atoms. The standard InChI is InChI=1S/C8H9F3N2O/c1-4(12)5-2-3-6(8(9,10)11)13-7(5)14/h2-4H,12H2,1H3,(H,13,14)/t4-/m1/s1. The number of nitrogens with zero attached hydrogens (tertiary/aromatic N) is 1. The van der Waals surface area contributed by atoms with Crippen LogP contribution in [0.3, 0.4) is 0 Å². The van der Waals surface area contributed by atoms with Crippen LogP contribution in [0, 0.1) is 0 Å². The smallest absolute Gasteiger partial charge is 0.433 e. The van der Waals surface area contributed by atoms with Crippen LogP contribution in [0.15, 0.2) is 12.1 Å². The Morgan fingerprint density at radius 1 is 1.43 bits per heavy atom. The molecule has 0 aliphatic rings. The van der Waals surface area contributed by atoms with Gasteiger partial charge in [0, 0.05) is 5.56 Å². The quantitative estimate of drug-likeness (QED) is 0.726. The molecule has 0 fully saturated rings. The number of hydrogen-bond donors (Lipinski definition) is 1. The lowest BCUT2D eigenvalue weighted by atomic mass is 10.1. The van der Waals surface area contributed by atoms with Crippen molar-refractivity contribution in [3.05, 3.63) is 23.4 Å². The molecule has 1 atom stereocenters. The molecule has 1 rings (SSSR count). The highest BCUT2D eigenvalue weighted by Gasteiger charge is 2.32. The molecule has 6 heteroatoms. The molecule has 0 radical (unpaired) electrons. The lowest BCUT2D eigenvalue weighted by Crippen LogP contribution is -2.52. The van der Waals surface area contributed by atoms with Crippen molar-refractivity contribution in [3.63, 3.8) is 0 Å². The third-order valence-electron chi connectivity index (χ3n) is 1.71. The second-order valence-electron chi connectivity index (χ2n) is 2.99. The van der Waals surface area contributed by atoms with Crippen molar-refractivity contribution in [3.8, 4) is 5.88 Å². The van der Waals surface area contributed by atoms with E-state index in [-0.39, 0.29) is 11.6 Å². The van der Waals surface area contributed by atoms with Crippen molar-refractivity contribution in [2.45, 2.75) is 19.1 Å². The van der Waals surface area contributed by atoms with Gasteiger partial charge in [-0.1, -0.05) is 6.07 Å². The van der Waals surface area contributed by atoms with Gasteiger partial charge in [0.1, 0.15) is 11.7 Å². The highest BCUT2D eigenvalue weighted by atomic mass is 19.4. The van der Waals surface area contributed by atoms with Gasteiger partial charge in [0.25, 0.3) is 0 Å². The molecule has 0 bridgehead atoms. The van der Waals surface area contributed by atoms with E-state index in [1.54, 1.807) is 6.92 Å². The summed E-state index contributed by atoms with van der Waals surface area (Å²) in [5, 5.41) is 11.1. The fourth-order valence-electron chi connectivity index (χ4n) is 0.984. The van der Waals surface area contributed by atoms with Crippen molar-refractivity contribution < 1.29 is 24.0 Å². The van der Waals surface area contributed by atoms with Gasteiger partial charge in [-0.3, -0.25) is 4.98 Å². The Morgan fingerprint density at radius 2 is 2.00 bits per heavy atom. The summed E-state index contributed by atoms with van der Waals surface area (Å²) in [6.45, 7) is 1.62. The van der Waals surface area contributed by atoms with Crippen LogP contribution in [0.1, 0.15) is 24.2 Å². The largest absolute Gasteiger partial charge is 0.858 e. The van der Waals surface area contributed by atoms with E-state index in [1.165, 1.54) is 0 Å². The molecule has 0 saturated carbocycles. The molecule has 1 aromatic heterocycles. The van der Waals surface area contributed by atoms with Gasteiger partial charge < -0.3 is 10.8 Å². The summed E-state index contributed by atoms with van der Waals surface area (Å²) in [5.41, 5.74) is 2.57. The van der Waals surface area contributed by atoms with Crippen molar-refractivity contribution in [2.24, 2.45) is 0 Å². The molecule has 0 amide bonds. The monoisotopic (exact) mass is 206 g/mol. The first kappa shape index (κ1) is 10.8. The minimum Gasteiger partial charge on any atom is -0.858 e. The fraction of sp³-hybridized carbons (Fsp3) is 0.375. The molecule has 3 nitrogen and oxygen atoms in total. The Hall–Kier alpha value is -1.30. The molecule has 1 heterocycles. The second-order valence-corrected chi connectivity index (χ2v) is 2.99. The first-order valence-electron chi connectivity index (χ1n) is 3.90. The maximum atomic E-state index is 12.1. The summed E-state index contributed by atoms with van der Waals surface area (Å²) in [6, 6.07) is 1.55. The molecule has 14 heavy (non-hydrogen) atoms. The van der Waals surface area contributed by atoms with Gasteiger partial charge in [-0.25, -0.2) is 0 Å². The molecular formula is C8H9F3N2O. The summed E-state index contributed by atoms with van der Waals surface area (Å²) >= 11 is 0. The van der Waals surface area contributed by atoms with Gasteiger partial charge in [-0.2, -0.15) is 13.2 Å². The topological polar surface area (TPSA) is 63.6 Å². The van der Waals surface area contributed by atoms with Crippen molar-refractivity contribution >= 4 is 0 Å². The zero-order valence-electron chi connectivity index (χ0n) is 7.43. The summed E-state index contributed by atoms with van der Waals surface area (Å²) in [7, 11) is 0. The number of alkyl halides is 3. The van der Waals surface area contributed by atoms with Gasteiger partial charge >= 0.3 is 6.18 Å². The zero-order chi connectivity index (χ0) is 10.9. The van der Waals surface area contributed by atoms with Gasteiger partial charge in [0.15, 0.2) is 0 Å². The van der Waals surface area contributed by atoms with E-state index in [4.69, 9.17) is 0 Å². The van der Waals surface area contributed by atoms with Crippen LogP contribution in [0.25, 0.3) is 0 Å². The normalized spacial score (nSPS) is 14.1. The fourth-order valence-corrected chi connectivity index (χ4v) is 0.984. The number of halogens is 3. The third kappa shape index (κ3) is 2.14. The second kappa shape index (κ2) is 3.45. The lowest BCUT2D eigenvalue weighted by molar-refractivity contribution is -0.423. The first-order chi connectivity index (χ1) is 6.32. The summed E-state index contributed by atoms with van der Waals surface area (Å²) < 4.78 is 36.3. The van der Waals surface area contributed by atoms with Crippen molar-refractivity contribution in [1.29, 1.82) is 0 Å². The Bertz CT molecular complexity index is 336. The van der Waals surface area contributed by atoms with Crippen LogP contribution in [-0.2, 0) is 6.18 Å². The SMILES string of the molecule is C[C@@H]([NH3+])c1ccc(C(F)(F)F)nc1[O-]. The van der Waals surface area contributed by atoms with Crippen LogP contribution in [0.4, 0.5) is 13.2 Å².